The second-order valence-corrected chi connectivity index (χ2v) is 9.40. The Morgan fingerprint density at radius 3 is 2.82 bits per heavy atom. The van der Waals surface area contributed by atoms with E-state index in [1.165, 1.54) is 0 Å². The van der Waals surface area contributed by atoms with Crippen molar-refractivity contribution in [2.45, 2.75) is 31.9 Å². The van der Waals surface area contributed by atoms with Crippen molar-refractivity contribution in [3.8, 4) is 11.1 Å². The molecule has 2 aromatic carbocycles. The Labute approximate surface area is 221 Å². The number of rotatable bonds is 9. The molecule has 1 saturated heterocycles. The highest BCUT2D eigenvalue weighted by atomic mass is 16.5. The molecule has 5 aromatic rings. The zero-order valence-corrected chi connectivity index (χ0v) is 21.4. The van der Waals surface area contributed by atoms with Gasteiger partial charge in [-0.05, 0) is 61.1 Å². The van der Waals surface area contributed by atoms with E-state index in [1.54, 1.807) is 7.11 Å². The summed E-state index contributed by atoms with van der Waals surface area (Å²) in [5, 5.41) is 7.92. The molecule has 38 heavy (non-hydrogen) atoms. The Bertz CT molecular complexity index is 1530. The lowest BCUT2D eigenvalue weighted by atomic mass is 10.0. The summed E-state index contributed by atoms with van der Waals surface area (Å²) < 4.78 is 13.3. The topological polar surface area (TPSA) is 99.0 Å². The van der Waals surface area contributed by atoms with Crippen LogP contribution in [0, 0.1) is 0 Å². The van der Waals surface area contributed by atoms with Crippen LogP contribution in [0.1, 0.15) is 31.9 Å². The standard InChI is InChI=1S/C29H31N7O2/c1-37-16-7-14-31-27-26-28(36(19-32-26)25-10-5-6-17-38-25)35-29(34-27)33-21-11-12-24-23(18-21)22(13-15-30-24)20-8-3-2-4-9-20/h2-4,8-9,11-13,15,18-19,25H,5-7,10,14,16-17H2,1H3,(H2,31,33,34,35). The summed E-state index contributed by atoms with van der Waals surface area (Å²) in [7, 11) is 1.71. The van der Waals surface area contributed by atoms with Crippen molar-refractivity contribution < 1.29 is 9.47 Å². The number of anilines is 3. The van der Waals surface area contributed by atoms with Crippen LogP contribution < -0.4 is 10.6 Å². The average Bonchev–Trinajstić information content (AvgIpc) is 3.40. The maximum atomic E-state index is 6.04. The molecule has 0 radical (unpaired) electrons. The zero-order valence-electron chi connectivity index (χ0n) is 21.4. The molecule has 0 spiro atoms. The smallest absolute Gasteiger partial charge is 0.231 e. The third-order valence-electron chi connectivity index (χ3n) is 6.79. The van der Waals surface area contributed by atoms with Gasteiger partial charge < -0.3 is 20.1 Å². The van der Waals surface area contributed by atoms with Gasteiger partial charge in [0.15, 0.2) is 17.0 Å². The van der Waals surface area contributed by atoms with Crippen LogP contribution in [0.15, 0.2) is 67.1 Å². The summed E-state index contributed by atoms with van der Waals surface area (Å²) in [6, 6.07) is 18.5. The van der Waals surface area contributed by atoms with E-state index in [1.807, 2.05) is 47.4 Å². The van der Waals surface area contributed by atoms with Gasteiger partial charge in [-0.2, -0.15) is 9.97 Å². The zero-order chi connectivity index (χ0) is 25.7. The Morgan fingerprint density at radius 1 is 1.05 bits per heavy atom. The van der Waals surface area contributed by atoms with Gasteiger partial charge in [-0.15, -0.1) is 0 Å². The largest absolute Gasteiger partial charge is 0.385 e. The molecule has 1 aliphatic rings. The minimum Gasteiger partial charge on any atom is -0.385 e. The maximum Gasteiger partial charge on any atom is 0.231 e. The Balaban J connectivity index is 1.37. The molecule has 9 nitrogen and oxygen atoms in total. The lowest BCUT2D eigenvalue weighted by Gasteiger charge is -2.24. The molecular formula is C29H31N7O2. The molecule has 2 N–H and O–H groups in total. The number of nitrogens with zero attached hydrogens (tertiary/aromatic N) is 5. The number of aromatic nitrogens is 5. The number of imidazole rings is 1. The van der Waals surface area contributed by atoms with Crippen molar-refractivity contribution in [1.82, 2.24) is 24.5 Å². The van der Waals surface area contributed by atoms with Crippen molar-refractivity contribution in [2.24, 2.45) is 0 Å². The molecule has 0 bridgehead atoms. The molecule has 0 amide bonds. The third kappa shape index (κ3) is 5.03. The predicted octanol–water partition coefficient (Wildman–Crippen LogP) is 5.93. The number of hydrogen-bond donors (Lipinski definition) is 2. The first-order valence-corrected chi connectivity index (χ1v) is 13.1. The Morgan fingerprint density at radius 2 is 1.97 bits per heavy atom. The fraction of sp³-hybridized carbons (Fsp3) is 0.310. The van der Waals surface area contributed by atoms with E-state index in [0.717, 1.165) is 71.2 Å². The monoisotopic (exact) mass is 509 g/mol. The predicted molar refractivity (Wildman–Crippen MR) is 150 cm³/mol. The van der Waals surface area contributed by atoms with E-state index in [0.29, 0.717) is 24.9 Å². The molecule has 1 unspecified atom stereocenters. The molecule has 1 aliphatic heterocycles. The highest BCUT2D eigenvalue weighted by Crippen LogP contribution is 2.32. The molecule has 0 saturated carbocycles. The van der Waals surface area contributed by atoms with E-state index < -0.39 is 0 Å². The van der Waals surface area contributed by atoms with Crippen molar-refractivity contribution in [1.29, 1.82) is 0 Å². The van der Waals surface area contributed by atoms with Gasteiger partial charge in [0.05, 0.1) is 11.8 Å². The van der Waals surface area contributed by atoms with Crippen LogP contribution in [0.4, 0.5) is 17.5 Å². The van der Waals surface area contributed by atoms with Gasteiger partial charge in [0.2, 0.25) is 5.95 Å². The van der Waals surface area contributed by atoms with Crippen LogP contribution in [0.3, 0.4) is 0 Å². The molecular weight excluding hydrogens is 478 g/mol. The fourth-order valence-corrected chi connectivity index (χ4v) is 4.90. The number of fused-ring (bicyclic) bond motifs is 2. The van der Waals surface area contributed by atoms with E-state index in [-0.39, 0.29) is 6.23 Å². The summed E-state index contributed by atoms with van der Waals surface area (Å²) in [4.78, 5) is 18.9. The summed E-state index contributed by atoms with van der Waals surface area (Å²) >= 11 is 0. The van der Waals surface area contributed by atoms with E-state index in [9.17, 15) is 0 Å². The maximum absolute atomic E-state index is 6.04. The number of pyridine rings is 1. The summed E-state index contributed by atoms with van der Waals surface area (Å²) in [5.74, 6) is 1.18. The summed E-state index contributed by atoms with van der Waals surface area (Å²) in [5.41, 5.74) is 5.57. The van der Waals surface area contributed by atoms with Gasteiger partial charge >= 0.3 is 0 Å². The van der Waals surface area contributed by atoms with Gasteiger partial charge in [-0.25, -0.2) is 4.98 Å². The minimum atomic E-state index is -0.0713. The first kappa shape index (κ1) is 24.3. The summed E-state index contributed by atoms with van der Waals surface area (Å²) in [6.07, 6.45) is 7.60. The van der Waals surface area contributed by atoms with Crippen LogP contribution >= 0.6 is 0 Å². The number of ether oxygens (including phenoxy) is 2. The molecule has 6 rings (SSSR count). The molecule has 4 heterocycles. The molecule has 3 aromatic heterocycles. The second-order valence-electron chi connectivity index (χ2n) is 9.40. The molecule has 1 fully saturated rings. The lowest BCUT2D eigenvalue weighted by molar-refractivity contribution is -0.0298. The SMILES string of the molecule is COCCCNc1nc(Nc2ccc3nccc(-c4ccccc4)c3c2)nc2c1ncn2C1CCCCO1. The first-order valence-electron chi connectivity index (χ1n) is 13.1. The quantitative estimate of drug-likeness (QED) is 0.236. The second kappa shape index (κ2) is 11.1. The highest BCUT2D eigenvalue weighted by molar-refractivity contribution is 5.96. The van der Waals surface area contributed by atoms with Crippen molar-refractivity contribution in [2.75, 3.05) is 37.5 Å². The Hall–Kier alpha value is -4.08. The highest BCUT2D eigenvalue weighted by Gasteiger charge is 2.21. The number of nitrogens with one attached hydrogen (secondary N) is 2. The molecule has 0 aliphatic carbocycles. The molecule has 194 valence electrons. The van der Waals surface area contributed by atoms with Crippen LogP contribution in [-0.4, -0.2) is 51.4 Å². The minimum absolute atomic E-state index is 0.0713. The summed E-state index contributed by atoms with van der Waals surface area (Å²) in [6.45, 7) is 2.14. The van der Waals surface area contributed by atoms with E-state index in [2.05, 4.69) is 44.9 Å². The van der Waals surface area contributed by atoms with Crippen LogP contribution in [0.2, 0.25) is 0 Å². The van der Waals surface area contributed by atoms with E-state index in [4.69, 9.17) is 19.4 Å². The first-order chi connectivity index (χ1) is 18.8. The Kier molecular flexibility index (Phi) is 7.10. The average molecular weight is 510 g/mol. The van der Waals surface area contributed by atoms with Gasteiger partial charge in [0.25, 0.3) is 0 Å². The van der Waals surface area contributed by atoms with Crippen molar-refractivity contribution in [3.05, 3.63) is 67.1 Å². The van der Waals surface area contributed by atoms with Gasteiger partial charge in [-0.1, -0.05) is 30.3 Å². The number of hydrogen-bond acceptors (Lipinski definition) is 8. The number of methoxy groups -OCH3 is 1. The normalized spacial score (nSPS) is 15.7. The fourth-order valence-electron chi connectivity index (χ4n) is 4.90. The molecule has 9 heteroatoms. The van der Waals surface area contributed by atoms with Gasteiger partial charge in [-0.3, -0.25) is 9.55 Å². The van der Waals surface area contributed by atoms with Crippen LogP contribution in [-0.2, 0) is 9.47 Å². The van der Waals surface area contributed by atoms with E-state index >= 15 is 0 Å². The van der Waals surface area contributed by atoms with Crippen molar-refractivity contribution >= 4 is 39.5 Å². The lowest BCUT2D eigenvalue weighted by Crippen LogP contribution is -2.18. The van der Waals surface area contributed by atoms with Crippen molar-refractivity contribution in [3.63, 3.8) is 0 Å². The van der Waals surface area contributed by atoms with Crippen LogP contribution in [0.25, 0.3) is 33.2 Å². The van der Waals surface area contributed by atoms with Gasteiger partial charge in [0.1, 0.15) is 6.23 Å². The number of benzene rings is 2. The van der Waals surface area contributed by atoms with Crippen LogP contribution in [0.5, 0.6) is 0 Å². The van der Waals surface area contributed by atoms with Gasteiger partial charge in [0, 0.05) is 44.1 Å². The third-order valence-corrected chi connectivity index (χ3v) is 6.79. The molecule has 1 atom stereocenters.